The van der Waals surface area contributed by atoms with E-state index in [1.807, 2.05) is 0 Å². The fraction of sp³-hybridized carbons (Fsp3) is 0.154. The first-order chi connectivity index (χ1) is 8.52. The van der Waals surface area contributed by atoms with Crippen molar-refractivity contribution in [3.63, 3.8) is 0 Å². The molecule has 2 rings (SSSR count). The molecule has 92 valence electrons. The molecule has 1 heterocycles. The molecule has 1 aliphatic rings. The Hall–Kier alpha value is -2.43. The molecule has 2 amide bonds. The number of nitrogens with zero attached hydrogens (tertiary/aromatic N) is 1. The molecule has 0 spiro atoms. The maximum absolute atomic E-state index is 12.0. The molecule has 1 N–H and O–H groups in total. The normalized spacial score (nSPS) is 16.2. The van der Waals surface area contributed by atoms with Crippen LogP contribution in [0, 0.1) is 0 Å². The Morgan fingerprint density at radius 2 is 1.72 bits per heavy atom. The van der Waals surface area contributed by atoms with Crippen LogP contribution >= 0.6 is 0 Å². The maximum atomic E-state index is 12.0. The molecule has 1 atom stereocenters. The number of carboxylic acids is 1. The van der Waals surface area contributed by atoms with Gasteiger partial charge < -0.3 is 5.11 Å². The third-order valence-electron chi connectivity index (χ3n) is 2.75. The molecule has 0 bridgehead atoms. The van der Waals surface area contributed by atoms with E-state index in [2.05, 4.69) is 0 Å². The average molecular weight is 245 g/mol. The zero-order valence-electron chi connectivity index (χ0n) is 9.66. The Labute approximate surface area is 103 Å². The lowest BCUT2D eigenvalue weighted by Gasteiger charge is -2.18. The zero-order chi connectivity index (χ0) is 13.3. The van der Waals surface area contributed by atoms with Crippen molar-refractivity contribution >= 4 is 17.8 Å². The Morgan fingerprint density at radius 1 is 1.22 bits per heavy atom. The van der Waals surface area contributed by atoms with E-state index >= 15 is 0 Å². The number of fused-ring (bicyclic) bond motifs is 1. The number of amides is 2. The van der Waals surface area contributed by atoms with E-state index < -0.39 is 23.8 Å². The van der Waals surface area contributed by atoms with Gasteiger partial charge in [0.1, 0.15) is 0 Å². The van der Waals surface area contributed by atoms with E-state index in [-0.39, 0.29) is 0 Å². The van der Waals surface area contributed by atoms with E-state index in [0.717, 1.165) is 11.0 Å². The second kappa shape index (κ2) is 4.44. The standard InChI is InChI=1S/C13H11NO4/c1-8(6-7-11(15)16)14-12(17)9-4-2-3-5-10(9)13(14)18/h2-8H,1H3,(H,15,16). The minimum absolute atomic E-state index is 0.359. The summed E-state index contributed by atoms with van der Waals surface area (Å²) >= 11 is 0. The summed E-state index contributed by atoms with van der Waals surface area (Å²) in [6, 6.07) is 5.96. The van der Waals surface area contributed by atoms with Crippen molar-refractivity contribution in [1.29, 1.82) is 0 Å². The molecule has 0 aliphatic carbocycles. The van der Waals surface area contributed by atoms with Crippen LogP contribution in [0.15, 0.2) is 36.4 Å². The van der Waals surface area contributed by atoms with Crippen LogP contribution in [0.4, 0.5) is 0 Å². The highest BCUT2D eigenvalue weighted by atomic mass is 16.4. The van der Waals surface area contributed by atoms with Gasteiger partial charge in [-0.05, 0) is 19.1 Å². The fourth-order valence-electron chi connectivity index (χ4n) is 1.89. The molecule has 5 heteroatoms. The predicted molar refractivity (Wildman–Crippen MR) is 63.2 cm³/mol. The average Bonchev–Trinajstić information content (AvgIpc) is 2.60. The highest BCUT2D eigenvalue weighted by Gasteiger charge is 2.37. The number of carboxylic acid groups (broad SMARTS) is 1. The Kier molecular flexibility index (Phi) is 2.97. The first kappa shape index (κ1) is 12.0. The summed E-state index contributed by atoms with van der Waals surface area (Å²) in [5.74, 6) is -1.89. The molecule has 1 unspecified atom stereocenters. The summed E-state index contributed by atoms with van der Waals surface area (Å²) in [4.78, 5) is 35.5. The van der Waals surface area contributed by atoms with E-state index in [1.54, 1.807) is 31.2 Å². The highest BCUT2D eigenvalue weighted by Crippen LogP contribution is 2.24. The Bertz CT molecular complexity index is 527. The van der Waals surface area contributed by atoms with E-state index in [9.17, 15) is 14.4 Å². The van der Waals surface area contributed by atoms with Gasteiger partial charge in [0.05, 0.1) is 17.2 Å². The highest BCUT2D eigenvalue weighted by molar-refractivity contribution is 6.21. The molecule has 1 aromatic carbocycles. The number of hydrogen-bond acceptors (Lipinski definition) is 3. The molecular formula is C13H11NO4. The molecule has 5 nitrogen and oxygen atoms in total. The largest absolute Gasteiger partial charge is 0.478 e. The molecular weight excluding hydrogens is 234 g/mol. The van der Waals surface area contributed by atoms with Gasteiger partial charge in [-0.15, -0.1) is 0 Å². The Balaban J connectivity index is 2.31. The van der Waals surface area contributed by atoms with Gasteiger partial charge in [-0.1, -0.05) is 18.2 Å². The molecule has 0 saturated carbocycles. The molecule has 1 aliphatic heterocycles. The van der Waals surface area contributed by atoms with Gasteiger partial charge in [0.2, 0.25) is 0 Å². The van der Waals surface area contributed by atoms with Crippen molar-refractivity contribution in [3.8, 4) is 0 Å². The van der Waals surface area contributed by atoms with E-state index in [4.69, 9.17) is 5.11 Å². The lowest BCUT2D eigenvalue weighted by Crippen LogP contribution is -2.36. The van der Waals surface area contributed by atoms with E-state index in [0.29, 0.717) is 11.1 Å². The van der Waals surface area contributed by atoms with Crippen LogP contribution in [0.5, 0.6) is 0 Å². The molecule has 0 fully saturated rings. The van der Waals surface area contributed by atoms with E-state index in [1.165, 1.54) is 6.08 Å². The van der Waals surface area contributed by atoms with Crippen molar-refractivity contribution in [1.82, 2.24) is 4.90 Å². The quantitative estimate of drug-likeness (QED) is 0.643. The fourth-order valence-corrected chi connectivity index (χ4v) is 1.89. The lowest BCUT2D eigenvalue weighted by atomic mass is 10.1. The van der Waals surface area contributed by atoms with Crippen LogP contribution in [0.3, 0.4) is 0 Å². The molecule has 0 saturated heterocycles. The third kappa shape index (κ3) is 1.90. The zero-order valence-corrected chi connectivity index (χ0v) is 9.66. The molecule has 0 aromatic heterocycles. The van der Waals surface area contributed by atoms with Gasteiger partial charge in [-0.25, -0.2) is 4.79 Å². The van der Waals surface area contributed by atoms with Gasteiger partial charge in [0.15, 0.2) is 0 Å². The summed E-state index contributed by atoms with van der Waals surface area (Å²) in [5.41, 5.74) is 0.719. The molecule has 18 heavy (non-hydrogen) atoms. The number of aliphatic carboxylic acids is 1. The predicted octanol–water partition coefficient (Wildman–Crippen LogP) is 1.31. The summed E-state index contributed by atoms with van der Waals surface area (Å²) in [6.45, 7) is 1.60. The van der Waals surface area contributed by atoms with Crippen molar-refractivity contribution in [3.05, 3.63) is 47.5 Å². The monoisotopic (exact) mass is 245 g/mol. The third-order valence-corrected chi connectivity index (χ3v) is 2.75. The van der Waals surface area contributed by atoms with Crippen LogP contribution in [0.1, 0.15) is 27.6 Å². The van der Waals surface area contributed by atoms with Crippen molar-refractivity contribution < 1.29 is 19.5 Å². The van der Waals surface area contributed by atoms with Crippen molar-refractivity contribution in [2.24, 2.45) is 0 Å². The first-order valence-electron chi connectivity index (χ1n) is 5.40. The molecule has 0 radical (unpaired) electrons. The number of carbonyl (C=O) groups is 3. The first-order valence-corrected chi connectivity index (χ1v) is 5.40. The van der Waals surface area contributed by atoms with Crippen molar-refractivity contribution in [2.75, 3.05) is 0 Å². The Morgan fingerprint density at radius 3 is 2.17 bits per heavy atom. The topological polar surface area (TPSA) is 74.7 Å². The summed E-state index contributed by atoms with van der Waals surface area (Å²) in [5, 5.41) is 8.54. The number of carbonyl (C=O) groups excluding carboxylic acids is 2. The van der Waals surface area contributed by atoms with Gasteiger partial charge >= 0.3 is 5.97 Å². The smallest absolute Gasteiger partial charge is 0.328 e. The number of imide groups is 1. The second-order valence-electron chi connectivity index (χ2n) is 3.96. The maximum Gasteiger partial charge on any atom is 0.328 e. The number of rotatable bonds is 3. The van der Waals surface area contributed by atoms with Gasteiger partial charge in [-0.3, -0.25) is 14.5 Å². The van der Waals surface area contributed by atoms with Crippen LogP contribution in [-0.4, -0.2) is 33.8 Å². The van der Waals surface area contributed by atoms with Crippen LogP contribution in [-0.2, 0) is 4.79 Å². The summed E-state index contributed by atoms with van der Waals surface area (Å²) in [7, 11) is 0. The van der Waals surface area contributed by atoms with Gasteiger partial charge in [-0.2, -0.15) is 0 Å². The van der Waals surface area contributed by atoms with Crippen LogP contribution < -0.4 is 0 Å². The summed E-state index contributed by atoms with van der Waals surface area (Å²) in [6.07, 6.45) is 2.23. The lowest BCUT2D eigenvalue weighted by molar-refractivity contribution is -0.131. The minimum Gasteiger partial charge on any atom is -0.478 e. The van der Waals surface area contributed by atoms with Gasteiger partial charge in [0, 0.05) is 6.08 Å². The van der Waals surface area contributed by atoms with Gasteiger partial charge in [0.25, 0.3) is 11.8 Å². The molecule has 1 aromatic rings. The number of hydrogen-bond donors (Lipinski definition) is 1. The van der Waals surface area contributed by atoms with Crippen LogP contribution in [0.25, 0.3) is 0 Å². The minimum atomic E-state index is -1.11. The van der Waals surface area contributed by atoms with Crippen LogP contribution in [0.2, 0.25) is 0 Å². The summed E-state index contributed by atoms with van der Waals surface area (Å²) < 4.78 is 0. The number of benzene rings is 1. The second-order valence-corrected chi connectivity index (χ2v) is 3.96. The SMILES string of the molecule is CC(C=CC(=O)O)N1C(=O)c2ccccc2C1=O. The van der Waals surface area contributed by atoms with Crippen molar-refractivity contribution in [2.45, 2.75) is 13.0 Å².